The summed E-state index contributed by atoms with van der Waals surface area (Å²) >= 11 is 0. The highest BCUT2D eigenvalue weighted by atomic mass is 16.5. The minimum Gasteiger partial charge on any atom is -0.481 e. The Kier molecular flexibility index (Phi) is 5.75. The van der Waals surface area contributed by atoms with E-state index in [0.29, 0.717) is 13.2 Å². The molecule has 0 aromatic heterocycles. The van der Waals surface area contributed by atoms with Crippen LogP contribution in [0.15, 0.2) is 0 Å². The molecule has 0 aliphatic carbocycles. The minimum absolute atomic E-state index is 0.0179. The number of methoxy groups -OCH3 is 2. The molecule has 1 saturated heterocycles. The molecule has 1 N–H and O–H groups in total. The van der Waals surface area contributed by atoms with Crippen LogP contribution in [0.3, 0.4) is 0 Å². The van der Waals surface area contributed by atoms with E-state index in [9.17, 15) is 14.7 Å². The van der Waals surface area contributed by atoms with Crippen molar-refractivity contribution in [2.24, 2.45) is 11.8 Å². The van der Waals surface area contributed by atoms with Gasteiger partial charge in [-0.1, -0.05) is 6.92 Å². The number of hydrogen-bond acceptors (Lipinski definition) is 4. The topological polar surface area (TPSA) is 76.1 Å². The van der Waals surface area contributed by atoms with Crippen LogP contribution in [0.1, 0.15) is 20.3 Å². The number of piperidine rings is 1. The smallest absolute Gasteiger partial charge is 0.308 e. The number of aliphatic carboxylic acids is 1. The Morgan fingerprint density at radius 3 is 2.58 bits per heavy atom. The Morgan fingerprint density at radius 2 is 2.11 bits per heavy atom. The summed E-state index contributed by atoms with van der Waals surface area (Å²) in [5, 5.41) is 9.28. The number of likely N-dealkylation sites (tertiary alicyclic amines) is 1. The standard InChI is InChI=1S/C13H23NO5/c1-8-5-11(15)14(6-10(19-4)7-18-3)9(2)12(8)13(16)17/h8-10,12H,5-7H2,1-4H3,(H,16,17). The first kappa shape index (κ1) is 15.9. The maximum absolute atomic E-state index is 12.1. The highest BCUT2D eigenvalue weighted by molar-refractivity contribution is 5.81. The highest BCUT2D eigenvalue weighted by Gasteiger charge is 2.42. The fourth-order valence-corrected chi connectivity index (χ4v) is 2.73. The normalized spacial score (nSPS) is 29.4. The van der Waals surface area contributed by atoms with Gasteiger partial charge in [0.1, 0.15) is 0 Å². The van der Waals surface area contributed by atoms with E-state index in [2.05, 4.69) is 0 Å². The van der Waals surface area contributed by atoms with Gasteiger partial charge in [0.05, 0.1) is 18.6 Å². The summed E-state index contributed by atoms with van der Waals surface area (Å²) in [4.78, 5) is 25.0. The van der Waals surface area contributed by atoms with Crippen LogP contribution < -0.4 is 0 Å². The third kappa shape index (κ3) is 3.67. The summed E-state index contributed by atoms with van der Waals surface area (Å²) in [6.07, 6.45) is 0.0318. The van der Waals surface area contributed by atoms with Crippen LogP contribution >= 0.6 is 0 Å². The number of carboxylic acids is 1. The number of carbonyl (C=O) groups excluding carboxylic acids is 1. The fourth-order valence-electron chi connectivity index (χ4n) is 2.73. The minimum atomic E-state index is -0.849. The van der Waals surface area contributed by atoms with E-state index in [1.54, 1.807) is 26.0 Å². The molecule has 0 radical (unpaired) electrons. The van der Waals surface area contributed by atoms with Crippen molar-refractivity contribution in [3.05, 3.63) is 0 Å². The van der Waals surface area contributed by atoms with Crippen molar-refractivity contribution in [3.63, 3.8) is 0 Å². The second-order valence-corrected chi connectivity index (χ2v) is 5.15. The summed E-state index contributed by atoms with van der Waals surface area (Å²) in [7, 11) is 3.12. The third-order valence-electron chi connectivity index (χ3n) is 3.81. The third-order valence-corrected chi connectivity index (χ3v) is 3.81. The second kappa shape index (κ2) is 6.86. The highest BCUT2D eigenvalue weighted by Crippen LogP contribution is 2.30. The molecule has 110 valence electrons. The van der Waals surface area contributed by atoms with Crippen LogP contribution in [-0.4, -0.2) is 61.4 Å². The van der Waals surface area contributed by atoms with Gasteiger partial charge in [-0.2, -0.15) is 0 Å². The second-order valence-electron chi connectivity index (χ2n) is 5.15. The number of rotatable bonds is 6. The van der Waals surface area contributed by atoms with E-state index in [-0.39, 0.29) is 30.4 Å². The molecule has 6 heteroatoms. The molecule has 6 nitrogen and oxygen atoms in total. The van der Waals surface area contributed by atoms with Gasteiger partial charge in [0, 0.05) is 33.2 Å². The quantitative estimate of drug-likeness (QED) is 0.767. The summed E-state index contributed by atoms with van der Waals surface area (Å²) in [5.74, 6) is -1.54. The molecule has 19 heavy (non-hydrogen) atoms. The van der Waals surface area contributed by atoms with Crippen LogP contribution in [0, 0.1) is 11.8 Å². The van der Waals surface area contributed by atoms with Crippen molar-refractivity contribution in [3.8, 4) is 0 Å². The molecular weight excluding hydrogens is 250 g/mol. The summed E-state index contributed by atoms with van der Waals surface area (Å²) in [5.41, 5.74) is 0. The summed E-state index contributed by atoms with van der Waals surface area (Å²) in [6.45, 7) is 4.33. The maximum Gasteiger partial charge on any atom is 0.308 e. The zero-order chi connectivity index (χ0) is 14.6. The predicted molar refractivity (Wildman–Crippen MR) is 68.8 cm³/mol. The monoisotopic (exact) mass is 273 g/mol. The lowest BCUT2D eigenvalue weighted by molar-refractivity contribution is -0.156. The fraction of sp³-hybridized carbons (Fsp3) is 0.846. The zero-order valence-electron chi connectivity index (χ0n) is 12.0. The Hall–Kier alpha value is -1.14. The first-order chi connectivity index (χ1) is 8.92. The van der Waals surface area contributed by atoms with Crippen LogP contribution in [-0.2, 0) is 19.1 Å². The Bertz CT molecular complexity index is 333. The Labute approximate surface area is 113 Å². The summed E-state index contributed by atoms with van der Waals surface area (Å²) < 4.78 is 10.3. The molecule has 0 bridgehead atoms. The number of carboxylic acid groups (broad SMARTS) is 1. The molecular formula is C13H23NO5. The Balaban J connectivity index is 2.80. The molecule has 1 heterocycles. The molecule has 0 aromatic rings. The molecule has 0 aromatic carbocycles. The van der Waals surface area contributed by atoms with E-state index in [0.717, 1.165) is 0 Å². The van der Waals surface area contributed by atoms with Gasteiger partial charge in [-0.15, -0.1) is 0 Å². The van der Waals surface area contributed by atoms with Crippen molar-refractivity contribution in [1.29, 1.82) is 0 Å². The van der Waals surface area contributed by atoms with Gasteiger partial charge in [-0.05, 0) is 12.8 Å². The van der Waals surface area contributed by atoms with Gasteiger partial charge in [-0.25, -0.2) is 0 Å². The molecule has 1 aliphatic heterocycles. The van der Waals surface area contributed by atoms with Gasteiger partial charge in [-0.3, -0.25) is 9.59 Å². The largest absolute Gasteiger partial charge is 0.481 e. The van der Waals surface area contributed by atoms with E-state index >= 15 is 0 Å². The van der Waals surface area contributed by atoms with Crippen LogP contribution in [0.2, 0.25) is 0 Å². The van der Waals surface area contributed by atoms with E-state index in [1.807, 2.05) is 6.92 Å². The number of nitrogens with zero attached hydrogens (tertiary/aromatic N) is 1. The molecule has 0 saturated carbocycles. The van der Waals surface area contributed by atoms with Gasteiger partial charge >= 0.3 is 5.97 Å². The lowest BCUT2D eigenvalue weighted by atomic mass is 9.81. The molecule has 1 fully saturated rings. The number of hydrogen-bond donors (Lipinski definition) is 1. The average Bonchev–Trinajstić information content (AvgIpc) is 2.32. The first-order valence-electron chi connectivity index (χ1n) is 6.46. The molecule has 1 aliphatic rings. The van der Waals surface area contributed by atoms with E-state index in [4.69, 9.17) is 9.47 Å². The van der Waals surface area contributed by atoms with Crippen molar-refractivity contribution in [2.45, 2.75) is 32.4 Å². The zero-order valence-corrected chi connectivity index (χ0v) is 12.0. The van der Waals surface area contributed by atoms with E-state index in [1.165, 1.54) is 0 Å². The Morgan fingerprint density at radius 1 is 1.47 bits per heavy atom. The lowest BCUT2D eigenvalue weighted by Crippen LogP contribution is -2.55. The van der Waals surface area contributed by atoms with Crippen LogP contribution in [0.5, 0.6) is 0 Å². The number of amides is 1. The SMILES string of the molecule is COCC(CN1C(=O)CC(C)C(C(=O)O)C1C)OC. The molecule has 4 unspecified atom stereocenters. The van der Waals surface area contributed by atoms with Gasteiger partial charge in [0.25, 0.3) is 0 Å². The number of ether oxygens (including phenoxy) is 2. The molecule has 4 atom stereocenters. The average molecular weight is 273 g/mol. The van der Waals surface area contributed by atoms with Gasteiger partial charge in [0.2, 0.25) is 5.91 Å². The van der Waals surface area contributed by atoms with Crippen molar-refractivity contribution < 1.29 is 24.2 Å². The lowest BCUT2D eigenvalue weighted by Gasteiger charge is -2.41. The van der Waals surface area contributed by atoms with Gasteiger partial charge in [0.15, 0.2) is 0 Å². The maximum atomic E-state index is 12.1. The molecule has 1 amide bonds. The van der Waals surface area contributed by atoms with Gasteiger partial charge < -0.3 is 19.5 Å². The molecule has 0 spiro atoms. The van der Waals surface area contributed by atoms with E-state index < -0.39 is 11.9 Å². The van der Waals surface area contributed by atoms with Crippen molar-refractivity contribution in [1.82, 2.24) is 4.90 Å². The van der Waals surface area contributed by atoms with Crippen molar-refractivity contribution >= 4 is 11.9 Å². The summed E-state index contributed by atoms with van der Waals surface area (Å²) in [6, 6.07) is -0.330. The van der Waals surface area contributed by atoms with Crippen LogP contribution in [0.4, 0.5) is 0 Å². The number of carbonyl (C=O) groups is 2. The molecule has 1 rings (SSSR count). The van der Waals surface area contributed by atoms with Crippen LogP contribution in [0.25, 0.3) is 0 Å². The predicted octanol–water partition coefficient (Wildman–Crippen LogP) is 0.606. The van der Waals surface area contributed by atoms with Crippen molar-refractivity contribution in [2.75, 3.05) is 27.4 Å². The first-order valence-corrected chi connectivity index (χ1v) is 6.46.